The molecule has 3 aromatic heterocycles. The molecular formula is C13H12O3P+. The molecule has 1 atom stereocenters. The minimum atomic E-state index is -0.559. The van der Waals surface area contributed by atoms with Crippen molar-refractivity contribution in [3.63, 3.8) is 0 Å². The fraction of sp³-hybridized carbons (Fsp3) is 0.0769. The van der Waals surface area contributed by atoms with Crippen molar-refractivity contribution < 1.29 is 13.3 Å². The summed E-state index contributed by atoms with van der Waals surface area (Å²) in [5.41, 5.74) is 0. The van der Waals surface area contributed by atoms with Crippen molar-refractivity contribution in [1.29, 1.82) is 0 Å². The third-order valence-corrected chi connectivity index (χ3v) is 3.64. The van der Waals surface area contributed by atoms with Crippen molar-refractivity contribution in [2.75, 3.05) is 0 Å². The first-order valence-corrected chi connectivity index (χ1v) is 5.84. The zero-order valence-electron chi connectivity index (χ0n) is 9.04. The van der Waals surface area contributed by atoms with Crippen LogP contribution in [0.5, 0.6) is 0 Å². The summed E-state index contributed by atoms with van der Waals surface area (Å²) in [7, 11) is 2.78. The predicted octanol–water partition coefficient (Wildman–Crippen LogP) is 3.75. The van der Waals surface area contributed by atoms with Crippen molar-refractivity contribution in [3.05, 3.63) is 72.5 Å². The maximum absolute atomic E-state index is 5.53. The molecule has 86 valence electrons. The van der Waals surface area contributed by atoms with Crippen LogP contribution in [-0.4, -0.2) is 0 Å². The van der Waals surface area contributed by atoms with E-state index in [-0.39, 0.29) is 0 Å². The number of furan rings is 3. The van der Waals surface area contributed by atoms with E-state index in [9.17, 15) is 0 Å². The molecule has 0 spiro atoms. The average Bonchev–Trinajstić information content (AvgIpc) is 3.10. The van der Waals surface area contributed by atoms with E-state index >= 15 is 0 Å². The number of hydrogen-bond donors (Lipinski definition) is 0. The summed E-state index contributed by atoms with van der Waals surface area (Å²) in [6, 6.07) is 11.4. The number of rotatable bonds is 3. The Hall–Kier alpha value is -1.73. The van der Waals surface area contributed by atoms with Crippen LogP contribution in [0.15, 0.2) is 68.4 Å². The van der Waals surface area contributed by atoms with E-state index in [1.165, 1.54) is 0 Å². The van der Waals surface area contributed by atoms with Crippen LogP contribution in [0.3, 0.4) is 0 Å². The van der Waals surface area contributed by atoms with E-state index in [1.54, 1.807) is 18.8 Å². The van der Waals surface area contributed by atoms with Crippen molar-refractivity contribution in [2.45, 2.75) is 5.16 Å². The zero-order chi connectivity index (χ0) is 11.7. The van der Waals surface area contributed by atoms with Crippen LogP contribution in [0.25, 0.3) is 0 Å². The molecule has 0 aliphatic rings. The van der Waals surface area contributed by atoms with Gasteiger partial charge in [0.2, 0.25) is 11.4 Å². The molecule has 0 aliphatic heterocycles. The highest BCUT2D eigenvalue weighted by atomic mass is 31.0. The molecule has 0 fully saturated rings. The van der Waals surface area contributed by atoms with Crippen LogP contribution in [0, 0.1) is 0 Å². The summed E-state index contributed by atoms with van der Waals surface area (Å²) >= 11 is 0. The second-order valence-corrected chi connectivity index (χ2v) is 4.65. The Kier molecular flexibility index (Phi) is 2.41. The maximum Gasteiger partial charge on any atom is 0.261 e. The van der Waals surface area contributed by atoms with E-state index in [2.05, 4.69) is 13.7 Å². The number of hydrogen-bond acceptors (Lipinski definition) is 2. The Morgan fingerprint density at radius 3 is 2.00 bits per heavy atom. The van der Waals surface area contributed by atoms with Gasteiger partial charge in [-0.25, -0.2) is 0 Å². The zero-order valence-corrected chi connectivity index (χ0v) is 10.2. The van der Waals surface area contributed by atoms with Gasteiger partial charge in [-0.1, -0.05) is 0 Å². The third-order valence-electron chi connectivity index (χ3n) is 2.78. The molecule has 0 amide bonds. The summed E-state index contributed by atoms with van der Waals surface area (Å²) in [4.78, 5) is 0. The molecule has 0 saturated heterocycles. The highest BCUT2D eigenvalue weighted by molar-refractivity contribution is 7.19. The molecule has 0 aromatic carbocycles. The molecule has 3 heterocycles. The van der Waals surface area contributed by atoms with Crippen molar-refractivity contribution in [2.24, 2.45) is 0 Å². The highest BCUT2D eigenvalue weighted by Gasteiger charge is 2.43. The summed E-state index contributed by atoms with van der Waals surface area (Å²) in [6.45, 7) is 0. The van der Waals surface area contributed by atoms with E-state index in [1.807, 2.05) is 36.4 Å². The van der Waals surface area contributed by atoms with Crippen molar-refractivity contribution >= 4 is 9.24 Å². The second-order valence-electron chi connectivity index (χ2n) is 3.79. The smallest absolute Gasteiger partial charge is 0.261 e. The van der Waals surface area contributed by atoms with Crippen LogP contribution >= 0.6 is 9.24 Å². The van der Waals surface area contributed by atoms with E-state index in [0.717, 1.165) is 17.3 Å². The molecule has 3 rings (SSSR count). The summed E-state index contributed by atoms with van der Waals surface area (Å²) < 4.78 is 15.4. The fourth-order valence-corrected chi connectivity index (χ4v) is 2.41. The van der Waals surface area contributed by atoms with Crippen molar-refractivity contribution in [3.8, 4) is 0 Å². The van der Waals surface area contributed by atoms with Crippen LogP contribution in [0.1, 0.15) is 17.3 Å². The molecule has 0 bridgehead atoms. The van der Waals surface area contributed by atoms with Gasteiger partial charge in [0, 0.05) is 12.1 Å². The van der Waals surface area contributed by atoms with Crippen LogP contribution in [-0.2, 0) is 5.16 Å². The normalized spacial score (nSPS) is 11.8. The van der Waals surface area contributed by atoms with Gasteiger partial charge in [-0.15, -0.1) is 9.24 Å². The van der Waals surface area contributed by atoms with Gasteiger partial charge in [-0.3, -0.25) is 0 Å². The lowest BCUT2D eigenvalue weighted by Crippen LogP contribution is -2.19. The minimum Gasteiger partial charge on any atom is -0.553 e. The summed E-state index contributed by atoms with van der Waals surface area (Å²) in [6.07, 6.45) is 5.07. The van der Waals surface area contributed by atoms with Gasteiger partial charge in [0.1, 0.15) is 11.5 Å². The van der Waals surface area contributed by atoms with E-state index < -0.39 is 5.16 Å². The van der Waals surface area contributed by atoms with Gasteiger partial charge in [-0.2, -0.15) is 0 Å². The standard InChI is InChI=1S/C13H11O3P/c17-13(10-4-1-7-14-10,11-5-2-8-15-11)12-6-3-9-16-12/h1-9H,17H2/p+1. The molecule has 0 saturated carbocycles. The first-order valence-electron chi connectivity index (χ1n) is 5.27. The van der Waals surface area contributed by atoms with E-state index in [0.29, 0.717) is 0 Å². The molecule has 17 heavy (non-hydrogen) atoms. The summed E-state index contributed by atoms with van der Waals surface area (Å²) in [5.74, 6) is 2.46. The SMILES string of the molecule is PC(c1ccco1)(c1ccco1)c1ccc[oH+]1. The van der Waals surface area contributed by atoms with Gasteiger partial charge >= 0.3 is 0 Å². The Bertz CT molecular complexity index is 480. The van der Waals surface area contributed by atoms with Gasteiger partial charge in [0.25, 0.3) is 5.76 Å². The Morgan fingerprint density at radius 1 is 0.941 bits per heavy atom. The van der Waals surface area contributed by atoms with Crippen LogP contribution in [0.4, 0.5) is 0 Å². The highest BCUT2D eigenvalue weighted by Crippen LogP contribution is 2.45. The predicted molar refractivity (Wildman–Crippen MR) is 66.8 cm³/mol. The Balaban J connectivity index is 2.21. The largest absolute Gasteiger partial charge is 0.553 e. The molecule has 3 nitrogen and oxygen atoms in total. The molecule has 3 aromatic rings. The van der Waals surface area contributed by atoms with E-state index in [4.69, 9.17) is 8.83 Å². The maximum atomic E-state index is 5.53. The first-order chi connectivity index (χ1) is 8.32. The Labute approximate surface area is 101 Å². The molecular weight excluding hydrogens is 235 g/mol. The molecule has 4 heteroatoms. The molecule has 0 radical (unpaired) electrons. The average molecular weight is 247 g/mol. The third kappa shape index (κ3) is 1.55. The minimum absolute atomic E-state index is 0.559. The first kappa shape index (κ1) is 10.4. The fourth-order valence-electron chi connectivity index (χ4n) is 1.91. The lowest BCUT2D eigenvalue weighted by Gasteiger charge is -2.19. The monoisotopic (exact) mass is 247 g/mol. The van der Waals surface area contributed by atoms with Gasteiger partial charge in [-0.05, 0) is 24.3 Å². The lowest BCUT2D eigenvalue weighted by molar-refractivity contribution is 0.386. The Morgan fingerprint density at radius 2 is 1.59 bits per heavy atom. The van der Waals surface area contributed by atoms with Gasteiger partial charge in [0.05, 0.1) is 12.5 Å². The van der Waals surface area contributed by atoms with Crippen LogP contribution < -0.4 is 0 Å². The van der Waals surface area contributed by atoms with Crippen LogP contribution in [0.2, 0.25) is 0 Å². The van der Waals surface area contributed by atoms with Gasteiger partial charge in [0.15, 0.2) is 0 Å². The topological polar surface area (TPSA) is 39.1 Å². The molecule has 1 unspecified atom stereocenters. The summed E-state index contributed by atoms with van der Waals surface area (Å²) in [5, 5.41) is -0.559. The molecule has 1 N–H and O–H groups in total. The van der Waals surface area contributed by atoms with Crippen molar-refractivity contribution in [1.82, 2.24) is 0 Å². The lowest BCUT2D eigenvalue weighted by atomic mass is 9.99. The molecule has 0 aliphatic carbocycles. The quantitative estimate of drug-likeness (QED) is 0.522. The van der Waals surface area contributed by atoms with Gasteiger partial charge < -0.3 is 13.3 Å². The second kappa shape index (κ2) is 3.94.